The van der Waals surface area contributed by atoms with Crippen LogP contribution in [-0.2, 0) is 6.42 Å². The topological polar surface area (TPSA) is 67.8 Å². The van der Waals surface area contributed by atoms with E-state index < -0.39 is 0 Å². The van der Waals surface area contributed by atoms with Crippen molar-refractivity contribution in [2.24, 2.45) is 0 Å². The number of aromatic nitrogens is 3. The standard InChI is InChI=1S/C19H20N4OS/c1-12-9-17(10-13(2)21-12)15-5-4-6-16(11-15)19(24)20-8-7-18-23-22-14(3)25-18/h4-6,9-11H,7-8H2,1-3H3,(H,20,24). The fourth-order valence-electron chi connectivity index (χ4n) is 2.66. The predicted molar refractivity (Wildman–Crippen MR) is 99.8 cm³/mol. The maximum atomic E-state index is 12.4. The van der Waals surface area contributed by atoms with Gasteiger partial charge in [-0.05, 0) is 56.2 Å². The molecule has 1 aromatic carbocycles. The molecule has 0 aliphatic carbocycles. The molecule has 0 aliphatic heterocycles. The first-order chi connectivity index (χ1) is 12.0. The van der Waals surface area contributed by atoms with Gasteiger partial charge in [-0.3, -0.25) is 9.78 Å². The summed E-state index contributed by atoms with van der Waals surface area (Å²) in [5, 5.41) is 12.9. The largest absolute Gasteiger partial charge is 0.352 e. The molecular weight excluding hydrogens is 332 g/mol. The van der Waals surface area contributed by atoms with Gasteiger partial charge in [-0.1, -0.05) is 12.1 Å². The summed E-state index contributed by atoms with van der Waals surface area (Å²) in [5.41, 5.74) is 4.68. The average molecular weight is 352 g/mol. The molecule has 0 saturated heterocycles. The van der Waals surface area contributed by atoms with Crippen molar-refractivity contribution in [1.82, 2.24) is 20.5 Å². The summed E-state index contributed by atoms with van der Waals surface area (Å²) in [6.45, 7) is 6.42. The van der Waals surface area contributed by atoms with Crippen LogP contribution in [0.5, 0.6) is 0 Å². The first-order valence-corrected chi connectivity index (χ1v) is 8.96. The zero-order valence-corrected chi connectivity index (χ0v) is 15.4. The van der Waals surface area contributed by atoms with E-state index in [-0.39, 0.29) is 5.91 Å². The lowest BCUT2D eigenvalue weighted by atomic mass is 10.0. The van der Waals surface area contributed by atoms with Crippen LogP contribution < -0.4 is 5.32 Å². The van der Waals surface area contributed by atoms with E-state index in [1.807, 2.05) is 57.2 Å². The molecule has 0 saturated carbocycles. The summed E-state index contributed by atoms with van der Waals surface area (Å²) in [7, 11) is 0. The maximum absolute atomic E-state index is 12.4. The number of amides is 1. The van der Waals surface area contributed by atoms with Crippen LogP contribution in [0.4, 0.5) is 0 Å². The van der Waals surface area contributed by atoms with Crippen molar-refractivity contribution in [3.05, 3.63) is 63.4 Å². The molecule has 0 atom stereocenters. The van der Waals surface area contributed by atoms with Crippen molar-refractivity contribution < 1.29 is 4.79 Å². The fourth-order valence-corrected chi connectivity index (χ4v) is 3.37. The van der Waals surface area contributed by atoms with Gasteiger partial charge in [-0.15, -0.1) is 21.5 Å². The third kappa shape index (κ3) is 4.48. The van der Waals surface area contributed by atoms with Gasteiger partial charge in [0.15, 0.2) is 0 Å². The van der Waals surface area contributed by atoms with E-state index >= 15 is 0 Å². The Morgan fingerprint density at radius 2 is 1.80 bits per heavy atom. The molecule has 1 N–H and O–H groups in total. The summed E-state index contributed by atoms with van der Waals surface area (Å²) in [4.78, 5) is 16.8. The van der Waals surface area contributed by atoms with Gasteiger partial charge in [0.1, 0.15) is 10.0 Å². The number of hydrogen-bond acceptors (Lipinski definition) is 5. The molecule has 0 fully saturated rings. The Morgan fingerprint density at radius 3 is 2.48 bits per heavy atom. The van der Waals surface area contributed by atoms with E-state index in [1.165, 1.54) is 0 Å². The molecule has 0 unspecified atom stereocenters. The number of pyridine rings is 1. The highest BCUT2D eigenvalue weighted by Crippen LogP contribution is 2.22. The van der Waals surface area contributed by atoms with Crippen molar-refractivity contribution in [3.8, 4) is 11.1 Å². The minimum absolute atomic E-state index is 0.0782. The molecule has 25 heavy (non-hydrogen) atoms. The number of rotatable bonds is 5. The van der Waals surface area contributed by atoms with E-state index in [1.54, 1.807) is 11.3 Å². The Hall–Kier alpha value is -2.60. The lowest BCUT2D eigenvalue weighted by Gasteiger charge is -2.08. The van der Waals surface area contributed by atoms with Crippen LogP contribution in [0.3, 0.4) is 0 Å². The molecule has 3 aromatic rings. The third-order valence-electron chi connectivity index (χ3n) is 3.73. The van der Waals surface area contributed by atoms with Crippen LogP contribution in [0.25, 0.3) is 11.1 Å². The van der Waals surface area contributed by atoms with Crippen LogP contribution in [0.15, 0.2) is 36.4 Å². The average Bonchev–Trinajstić information content (AvgIpc) is 2.99. The molecule has 5 nitrogen and oxygen atoms in total. The normalized spacial score (nSPS) is 10.7. The second-order valence-corrected chi connectivity index (χ2v) is 7.21. The summed E-state index contributed by atoms with van der Waals surface area (Å²) in [6.07, 6.45) is 0.694. The lowest BCUT2D eigenvalue weighted by molar-refractivity contribution is 0.0954. The number of nitrogens with one attached hydrogen (secondary N) is 1. The second-order valence-electron chi connectivity index (χ2n) is 5.94. The van der Waals surface area contributed by atoms with E-state index in [4.69, 9.17) is 0 Å². The van der Waals surface area contributed by atoms with Crippen LogP contribution in [0, 0.1) is 20.8 Å². The molecule has 0 spiro atoms. The summed E-state index contributed by atoms with van der Waals surface area (Å²) < 4.78 is 0. The summed E-state index contributed by atoms with van der Waals surface area (Å²) in [6, 6.07) is 11.7. The second kappa shape index (κ2) is 7.53. The van der Waals surface area contributed by atoms with Gasteiger partial charge >= 0.3 is 0 Å². The lowest BCUT2D eigenvalue weighted by Crippen LogP contribution is -2.25. The van der Waals surface area contributed by atoms with Gasteiger partial charge in [-0.2, -0.15) is 0 Å². The van der Waals surface area contributed by atoms with Gasteiger partial charge in [-0.25, -0.2) is 0 Å². The molecule has 0 bridgehead atoms. The molecule has 2 heterocycles. The van der Waals surface area contributed by atoms with Crippen molar-refractivity contribution >= 4 is 17.2 Å². The van der Waals surface area contributed by atoms with Gasteiger partial charge < -0.3 is 5.32 Å². The zero-order chi connectivity index (χ0) is 17.8. The highest BCUT2D eigenvalue weighted by molar-refractivity contribution is 7.11. The van der Waals surface area contributed by atoms with Crippen molar-refractivity contribution in [2.45, 2.75) is 27.2 Å². The first-order valence-electron chi connectivity index (χ1n) is 8.14. The van der Waals surface area contributed by atoms with Crippen LogP contribution >= 0.6 is 11.3 Å². The van der Waals surface area contributed by atoms with Crippen molar-refractivity contribution in [3.63, 3.8) is 0 Å². The number of nitrogens with zero attached hydrogens (tertiary/aromatic N) is 3. The molecule has 0 aliphatic rings. The molecule has 2 aromatic heterocycles. The van der Waals surface area contributed by atoms with E-state index in [9.17, 15) is 4.79 Å². The quantitative estimate of drug-likeness (QED) is 0.763. The number of carbonyl (C=O) groups is 1. The Labute approximate surface area is 151 Å². The molecule has 6 heteroatoms. The number of benzene rings is 1. The van der Waals surface area contributed by atoms with Crippen LogP contribution in [0.1, 0.15) is 31.8 Å². The number of aryl methyl sites for hydroxylation is 3. The van der Waals surface area contributed by atoms with E-state index in [0.717, 1.165) is 32.5 Å². The highest BCUT2D eigenvalue weighted by Gasteiger charge is 2.08. The zero-order valence-electron chi connectivity index (χ0n) is 14.5. The fraction of sp³-hybridized carbons (Fsp3) is 0.263. The van der Waals surface area contributed by atoms with Crippen molar-refractivity contribution in [1.29, 1.82) is 0 Å². The number of hydrogen-bond donors (Lipinski definition) is 1. The predicted octanol–water partition coefficient (Wildman–Crippen LogP) is 3.50. The smallest absolute Gasteiger partial charge is 0.251 e. The summed E-state index contributed by atoms with van der Waals surface area (Å²) in [5.74, 6) is -0.0782. The Morgan fingerprint density at radius 1 is 1.04 bits per heavy atom. The highest BCUT2D eigenvalue weighted by atomic mass is 32.1. The Bertz CT molecular complexity index is 884. The SMILES string of the molecule is Cc1cc(-c2cccc(C(=O)NCCc3nnc(C)s3)c2)cc(C)n1. The van der Waals surface area contributed by atoms with E-state index in [0.29, 0.717) is 18.5 Å². The third-order valence-corrected chi connectivity index (χ3v) is 4.63. The first kappa shape index (κ1) is 17.2. The molecular formula is C19H20N4OS. The molecule has 1 amide bonds. The molecule has 3 rings (SSSR count). The van der Waals surface area contributed by atoms with Gasteiger partial charge in [0.05, 0.1) is 0 Å². The summed E-state index contributed by atoms with van der Waals surface area (Å²) >= 11 is 1.56. The number of carbonyl (C=O) groups excluding carboxylic acids is 1. The van der Waals surface area contributed by atoms with Crippen LogP contribution in [0.2, 0.25) is 0 Å². The minimum atomic E-state index is -0.0782. The maximum Gasteiger partial charge on any atom is 0.251 e. The molecule has 128 valence electrons. The van der Waals surface area contributed by atoms with E-state index in [2.05, 4.69) is 20.5 Å². The van der Waals surface area contributed by atoms with Gasteiger partial charge in [0.25, 0.3) is 5.91 Å². The molecule has 0 radical (unpaired) electrons. The van der Waals surface area contributed by atoms with Crippen molar-refractivity contribution in [2.75, 3.05) is 6.54 Å². The van der Waals surface area contributed by atoms with Crippen LogP contribution in [-0.4, -0.2) is 27.6 Å². The van der Waals surface area contributed by atoms with Gasteiger partial charge in [0.2, 0.25) is 0 Å². The Balaban J connectivity index is 1.69. The van der Waals surface area contributed by atoms with Gasteiger partial charge in [0, 0.05) is 29.9 Å². The minimum Gasteiger partial charge on any atom is -0.352 e. The monoisotopic (exact) mass is 352 g/mol. The Kier molecular flexibility index (Phi) is 5.19.